The molecular formula is C10H12N4O4. The second-order valence-corrected chi connectivity index (χ2v) is 3.27. The largest absolute Gasteiger partial charge is 0.478 e. The van der Waals surface area contributed by atoms with Crippen molar-refractivity contribution >= 4 is 23.5 Å². The van der Waals surface area contributed by atoms with E-state index in [4.69, 9.17) is 10.8 Å². The first-order valence-corrected chi connectivity index (χ1v) is 5.03. The van der Waals surface area contributed by atoms with Crippen LogP contribution in [0.5, 0.6) is 0 Å². The van der Waals surface area contributed by atoms with Gasteiger partial charge in [0.15, 0.2) is 5.69 Å². The second kappa shape index (κ2) is 5.62. The van der Waals surface area contributed by atoms with Gasteiger partial charge in [-0.3, -0.25) is 14.3 Å². The number of carbonyl (C=O) groups excluding carboxylic acids is 2. The van der Waals surface area contributed by atoms with Gasteiger partial charge in [-0.1, -0.05) is 0 Å². The van der Waals surface area contributed by atoms with Gasteiger partial charge in [0.25, 0.3) is 5.91 Å². The summed E-state index contributed by atoms with van der Waals surface area (Å²) in [5.74, 6) is -2.71. The van der Waals surface area contributed by atoms with Crippen LogP contribution in [-0.4, -0.2) is 32.7 Å². The minimum atomic E-state index is -1.25. The van der Waals surface area contributed by atoms with Crippen molar-refractivity contribution in [1.82, 2.24) is 9.78 Å². The van der Waals surface area contributed by atoms with Crippen molar-refractivity contribution in [3.63, 3.8) is 0 Å². The van der Waals surface area contributed by atoms with Crippen LogP contribution in [0.3, 0.4) is 0 Å². The summed E-state index contributed by atoms with van der Waals surface area (Å²) in [7, 11) is 0. The molecule has 0 saturated carbocycles. The average Bonchev–Trinajstić information content (AvgIpc) is 2.69. The highest BCUT2D eigenvalue weighted by Crippen LogP contribution is 2.13. The van der Waals surface area contributed by atoms with E-state index in [9.17, 15) is 14.4 Å². The van der Waals surface area contributed by atoms with Crippen molar-refractivity contribution in [2.45, 2.75) is 13.5 Å². The third-order valence-electron chi connectivity index (χ3n) is 1.95. The van der Waals surface area contributed by atoms with Crippen LogP contribution in [0.2, 0.25) is 0 Å². The highest BCUT2D eigenvalue weighted by atomic mass is 16.4. The SMILES string of the molecule is CCn1cc(NC(=O)C=CC(=O)O)c(C(N)=O)n1. The molecule has 1 aromatic rings. The number of aromatic nitrogens is 2. The molecular weight excluding hydrogens is 240 g/mol. The minimum Gasteiger partial charge on any atom is -0.478 e. The summed E-state index contributed by atoms with van der Waals surface area (Å²) in [6.45, 7) is 2.30. The van der Waals surface area contributed by atoms with Crippen LogP contribution in [0.25, 0.3) is 0 Å². The third-order valence-corrected chi connectivity index (χ3v) is 1.95. The lowest BCUT2D eigenvalue weighted by Crippen LogP contribution is -2.16. The molecule has 8 heteroatoms. The smallest absolute Gasteiger partial charge is 0.328 e. The van der Waals surface area contributed by atoms with E-state index >= 15 is 0 Å². The molecule has 0 aliphatic carbocycles. The molecule has 0 saturated heterocycles. The summed E-state index contributed by atoms with van der Waals surface area (Å²) in [4.78, 5) is 32.6. The number of carboxylic acid groups (broad SMARTS) is 1. The van der Waals surface area contributed by atoms with E-state index in [0.29, 0.717) is 12.6 Å². The fourth-order valence-corrected chi connectivity index (χ4v) is 1.18. The molecule has 0 aliphatic rings. The predicted molar refractivity (Wildman–Crippen MR) is 61.8 cm³/mol. The van der Waals surface area contributed by atoms with E-state index in [0.717, 1.165) is 6.08 Å². The third kappa shape index (κ3) is 3.44. The number of carboxylic acids is 1. The quantitative estimate of drug-likeness (QED) is 0.613. The average molecular weight is 252 g/mol. The first-order valence-electron chi connectivity index (χ1n) is 5.03. The van der Waals surface area contributed by atoms with E-state index < -0.39 is 17.8 Å². The molecule has 0 radical (unpaired) electrons. The number of anilines is 1. The molecule has 2 amide bonds. The number of nitrogens with two attached hydrogens (primary N) is 1. The number of aliphatic carboxylic acids is 1. The van der Waals surface area contributed by atoms with Crippen LogP contribution in [0, 0.1) is 0 Å². The van der Waals surface area contributed by atoms with Gasteiger partial charge in [0, 0.05) is 24.9 Å². The predicted octanol–water partition coefficient (Wildman–Crippen LogP) is -0.419. The fraction of sp³-hybridized carbons (Fsp3) is 0.200. The first-order chi connectivity index (χ1) is 8.43. The molecule has 0 spiro atoms. The van der Waals surface area contributed by atoms with Gasteiger partial charge in [0.05, 0.1) is 5.69 Å². The van der Waals surface area contributed by atoms with E-state index in [1.165, 1.54) is 10.9 Å². The molecule has 8 nitrogen and oxygen atoms in total. The van der Waals surface area contributed by atoms with Crippen LogP contribution < -0.4 is 11.1 Å². The van der Waals surface area contributed by atoms with Crippen LogP contribution in [0.15, 0.2) is 18.3 Å². The van der Waals surface area contributed by atoms with E-state index in [1.54, 1.807) is 6.92 Å². The van der Waals surface area contributed by atoms with Gasteiger partial charge < -0.3 is 16.2 Å². The molecule has 1 heterocycles. The van der Waals surface area contributed by atoms with Crippen molar-refractivity contribution in [3.8, 4) is 0 Å². The standard InChI is InChI=1S/C10H12N4O4/c1-2-14-5-6(9(13-14)10(11)18)12-7(15)3-4-8(16)17/h3-5H,2H2,1H3,(H2,11,18)(H,12,15)(H,16,17). The molecule has 18 heavy (non-hydrogen) atoms. The summed E-state index contributed by atoms with van der Waals surface area (Å²) in [6.07, 6.45) is 2.95. The van der Waals surface area contributed by atoms with Crippen LogP contribution in [0.1, 0.15) is 17.4 Å². The zero-order valence-electron chi connectivity index (χ0n) is 9.58. The van der Waals surface area contributed by atoms with Crippen molar-refractivity contribution in [1.29, 1.82) is 0 Å². The maximum atomic E-state index is 11.3. The molecule has 0 unspecified atom stereocenters. The van der Waals surface area contributed by atoms with Crippen molar-refractivity contribution in [3.05, 3.63) is 24.0 Å². The highest BCUT2D eigenvalue weighted by molar-refractivity contribution is 6.06. The normalized spacial score (nSPS) is 10.5. The highest BCUT2D eigenvalue weighted by Gasteiger charge is 2.14. The van der Waals surface area contributed by atoms with Crippen molar-refractivity contribution < 1.29 is 19.5 Å². The molecule has 96 valence electrons. The lowest BCUT2D eigenvalue weighted by atomic mass is 10.3. The number of nitrogens with zero attached hydrogens (tertiary/aromatic N) is 2. The van der Waals surface area contributed by atoms with E-state index in [-0.39, 0.29) is 11.4 Å². The number of hydrogen-bond donors (Lipinski definition) is 3. The Kier molecular flexibility index (Phi) is 4.19. The van der Waals surface area contributed by atoms with Crippen LogP contribution in [-0.2, 0) is 16.1 Å². The Balaban J connectivity index is 2.89. The topological polar surface area (TPSA) is 127 Å². The maximum Gasteiger partial charge on any atom is 0.328 e. The zero-order chi connectivity index (χ0) is 13.7. The minimum absolute atomic E-state index is 0.0751. The summed E-state index contributed by atoms with van der Waals surface area (Å²) in [5.41, 5.74) is 5.17. The van der Waals surface area contributed by atoms with Gasteiger partial charge in [-0.25, -0.2) is 4.79 Å². The van der Waals surface area contributed by atoms with Gasteiger partial charge in [-0.05, 0) is 6.92 Å². The molecule has 0 aliphatic heterocycles. The monoisotopic (exact) mass is 252 g/mol. The summed E-state index contributed by atoms with van der Waals surface area (Å²) < 4.78 is 1.43. The Morgan fingerprint density at radius 3 is 2.67 bits per heavy atom. The number of primary amides is 1. The van der Waals surface area contributed by atoms with Crippen molar-refractivity contribution in [2.75, 3.05) is 5.32 Å². The van der Waals surface area contributed by atoms with Gasteiger partial charge in [0.2, 0.25) is 5.91 Å². The Morgan fingerprint density at radius 2 is 2.17 bits per heavy atom. The fourth-order valence-electron chi connectivity index (χ4n) is 1.18. The lowest BCUT2D eigenvalue weighted by Gasteiger charge is -1.98. The number of carbonyl (C=O) groups is 3. The summed E-state index contributed by atoms with van der Waals surface area (Å²) >= 11 is 0. The zero-order valence-corrected chi connectivity index (χ0v) is 9.58. The molecule has 0 fully saturated rings. The van der Waals surface area contributed by atoms with E-state index in [2.05, 4.69) is 10.4 Å². The molecule has 4 N–H and O–H groups in total. The first kappa shape index (κ1) is 13.4. The summed E-state index contributed by atoms with van der Waals surface area (Å²) in [5, 5.41) is 14.5. The van der Waals surface area contributed by atoms with E-state index in [1.807, 2.05) is 0 Å². The van der Waals surface area contributed by atoms with Gasteiger partial charge in [-0.2, -0.15) is 5.10 Å². The Hall–Kier alpha value is -2.64. The van der Waals surface area contributed by atoms with Gasteiger partial charge in [0.1, 0.15) is 0 Å². The molecule has 1 rings (SSSR count). The summed E-state index contributed by atoms with van der Waals surface area (Å²) in [6, 6.07) is 0. The molecule has 0 aromatic carbocycles. The molecule has 0 bridgehead atoms. The second-order valence-electron chi connectivity index (χ2n) is 3.27. The Bertz CT molecular complexity index is 518. The van der Waals surface area contributed by atoms with Crippen LogP contribution in [0.4, 0.5) is 5.69 Å². The van der Waals surface area contributed by atoms with Crippen LogP contribution >= 0.6 is 0 Å². The molecule has 1 aromatic heterocycles. The number of nitrogens with one attached hydrogen (secondary N) is 1. The van der Waals surface area contributed by atoms with Gasteiger partial charge in [-0.15, -0.1) is 0 Å². The number of amides is 2. The number of rotatable bonds is 5. The number of aryl methyl sites for hydroxylation is 1. The molecule has 0 atom stereocenters. The van der Waals surface area contributed by atoms with Crippen molar-refractivity contribution in [2.24, 2.45) is 5.73 Å². The van der Waals surface area contributed by atoms with Gasteiger partial charge >= 0.3 is 5.97 Å². The Morgan fingerprint density at radius 1 is 1.50 bits per heavy atom. The number of hydrogen-bond acceptors (Lipinski definition) is 4. The lowest BCUT2D eigenvalue weighted by molar-refractivity contribution is -0.131. The Labute approximate surface area is 102 Å². The maximum absolute atomic E-state index is 11.3.